The first-order valence-corrected chi connectivity index (χ1v) is 23.3. The Bertz CT molecular complexity index is 1890. The van der Waals surface area contributed by atoms with Gasteiger partial charge in [0, 0.05) is 35.5 Å². The predicted octanol–water partition coefficient (Wildman–Crippen LogP) is 12.6. The number of unbranched alkanes of at least 4 members (excludes halogenated alkanes) is 2. The van der Waals surface area contributed by atoms with Gasteiger partial charge >= 0.3 is 6.18 Å². The van der Waals surface area contributed by atoms with Gasteiger partial charge in [0.25, 0.3) is 0 Å². The third-order valence-corrected chi connectivity index (χ3v) is 20.7. The number of hydrogen-bond acceptors (Lipinski definition) is 5. The van der Waals surface area contributed by atoms with Crippen molar-refractivity contribution < 1.29 is 22.8 Å². The molecule has 50 heavy (non-hydrogen) atoms. The fourth-order valence-electron chi connectivity index (χ4n) is 8.71. The molecule has 0 N–H and O–H groups in total. The zero-order valence-corrected chi connectivity index (χ0v) is 33.8. The average Bonchev–Trinajstić information content (AvgIpc) is 3.85. The summed E-state index contributed by atoms with van der Waals surface area (Å²) in [5, 5.41) is 3.14. The summed E-state index contributed by atoms with van der Waals surface area (Å²) in [5.74, 6) is -0.667. The molecule has 1 aromatic carbocycles. The molecule has 4 heterocycles. The molecule has 3 atom stereocenters. The van der Waals surface area contributed by atoms with E-state index in [9.17, 15) is 22.8 Å². The lowest BCUT2D eigenvalue weighted by molar-refractivity contribution is -0.137. The Balaban J connectivity index is 1.48. The molecule has 0 amide bonds. The molecule has 1 aliphatic heterocycles. The van der Waals surface area contributed by atoms with Gasteiger partial charge in [-0.15, -0.1) is 34.0 Å². The second-order valence-corrected chi connectivity index (χ2v) is 22.4. The van der Waals surface area contributed by atoms with Crippen molar-refractivity contribution in [3.05, 3.63) is 67.9 Å². The summed E-state index contributed by atoms with van der Waals surface area (Å²) in [5.41, 5.74) is 0.500. The highest BCUT2D eigenvalue weighted by atomic mass is 32.1. The highest BCUT2D eigenvalue weighted by molar-refractivity contribution is 7.32. The summed E-state index contributed by atoms with van der Waals surface area (Å²) >= 11 is 5.17. The minimum absolute atomic E-state index is 0.132. The quantitative estimate of drug-likeness (QED) is 0.0949. The van der Waals surface area contributed by atoms with E-state index < -0.39 is 25.7 Å². The number of alkyl halides is 3. The number of thiophene rings is 3. The first kappa shape index (κ1) is 37.4. The molecule has 0 fully saturated rings. The zero-order chi connectivity index (χ0) is 36.1. The van der Waals surface area contributed by atoms with Crippen molar-refractivity contribution in [3.63, 3.8) is 0 Å². The van der Waals surface area contributed by atoms with Gasteiger partial charge in [-0.1, -0.05) is 90.7 Å². The minimum atomic E-state index is -4.57. The van der Waals surface area contributed by atoms with Crippen molar-refractivity contribution in [2.24, 2.45) is 11.8 Å². The first-order chi connectivity index (χ1) is 23.8. The normalized spacial score (nSPS) is 19.6. The number of carbonyl (C=O) groups excluding carboxylic acids is 2. The van der Waals surface area contributed by atoms with E-state index in [1.54, 1.807) is 29.5 Å². The van der Waals surface area contributed by atoms with Crippen LogP contribution in [0.1, 0.15) is 132 Å². The van der Waals surface area contributed by atoms with Gasteiger partial charge in [0.15, 0.2) is 11.6 Å². The average molecular weight is 755 g/mol. The van der Waals surface area contributed by atoms with Crippen molar-refractivity contribution in [3.8, 4) is 19.5 Å². The molecule has 9 heteroatoms. The van der Waals surface area contributed by atoms with Gasteiger partial charge in [-0.2, -0.15) is 13.2 Å². The lowest BCUT2D eigenvalue weighted by Crippen LogP contribution is -2.56. The third kappa shape index (κ3) is 6.58. The predicted molar refractivity (Wildman–Crippen MR) is 209 cm³/mol. The number of rotatable bonds is 14. The summed E-state index contributed by atoms with van der Waals surface area (Å²) in [4.78, 5) is 35.0. The largest absolute Gasteiger partial charge is 0.416 e. The second-order valence-electron chi connectivity index (χ2n) is 14.8. The van der Waals surface area contributed by atoms with Crippen molar-refractivity contribution in [2.45, 2.75) is 124 Å². The summed E-state index contributed by atoms with van der Waals surface area (Å²) in [6, 6.07) is 11.0. The molecule has 0 spiro atoms. The van der Waals surface area contributed by atoms with Crippen LogP contribution in [0.4, 0.5) is 13.2 Å². The molecule has 0 saturated heterocycles. The van der Waals surface area contributed by atoms with Crippen molar-refractivity contribution in [1.29, 1.82) is 0 Å². The lowest BCUT2D eigenvalue weighted by Gasteiger charge is -2.35. The van der Waals surface area contributed by atoms with Gasteiger partial charge in [0.05, 0.1) is 10.4 Å². The van der Waals surface area contributed by atoms with E-state index in [4.69, 9.17) is 0 Å². The summed E-state index contributed by atoms with van der Waals surface area (Å²) in [6.45, 7) is 15.0. The number of aryl methyl sites for hydroxylation is 3. The van der Waals surface area contributed by atoms with Crippen LogP contribution in [0, 0.1) is 32.6 Å². The summed E-state index contributed by atoms with van der Waals surface area (Å²) < 4.78 is 41.4. The first-order valence-electron chi connectivity index (χ1n) is 18.4. The Labute approximate surface area is 308 Å². The number of carbonyl (C=O) groups is 2. The number of fused-ring (bicyclic) bond motifs is 4. The Hall–Kier alpha value is -2.33. The van der Waals surface area contributed by atoms with Gasteiger partial charge < -0.3 is 0 Å². The summed E-state index contributed by atoms with van der Waals surface area (Å²) in [7, 11) is -2.21. The van der Waals surface area contributed by atoms with Gasteiger partial charge in [-0.25, -0.2) is 0 Å². The molecule has 0 saturated carbocycles. The van der Waals surface area contributed by atoms with Crippen LogP contribution in [0.2, 0.25) is 12.1 Å². The number of ketones is 2. The number of benzene rings is 1. The maximum absolute atomic E-state index is 14.3. The van der Waals surface area contributed by atoms with Gasteiger partial charge in [0.2, 0.25) is 0 Å². The smallest absolute Gasteiger partial charge is 0.293 e. The Morgan fingerprint density at radius 1 is 0.720 bits per heavy atom. The molecule has 0 bridgehead atoms. The minimum Gasteiger partial charge on any atom is -0.293 e. The van der Waals surface area contributed by atoms with Crippen LogP contribution >= 0.6 is 34.0 Å². The zero-order valence-electron chi connectivity index (χ0n) is 30.4. The molecule has 0 radical (unpaired) electrons. The van der Waals surface area contributed by atoms with Crippen LogP contribution in [0.5, 0.6) is 0 Å². The fourth-order valence-corrected chi connectivity index (χ4v) is 20.3. The van der Waals surface area contributed by atoms with E-state index in [1.165, 1.54) is 94.6 Å². The highest BCUT2D eigenvalue weighted by Crippen LogP contribution is 2.52. The van der Waals surface area contributed by atoms with E-state index in [0.717, 1.165) is 26.8 Å². The van der Waals surface area contributed by atoms with E-state index in [-0.39, 0.29) is 17.1 Å². The molecule has 3 unspecified atom stereocenters. The van der Waals surface area contributed by atoms with Crippen LogP contribution in [0.15, 0.2) is 30.3 Å². The van der Waals surface area contributed by atoms with Crippen LogP contribution < -0.4 is 10.4 Å². The lowest BCUT2D eigenvalue weighted by atomic mass is 9.91. The molecule has 4 aromatic rings. The monoisotopic (exact) mass is 754 g/mol. The molecule has 2 aliphatic rings. The highest BCUT2D eigenvalue weighted by Gasteiger charge is 2.51. The van der Waals surface area contributed by atoms with Gasteiger partial charge in [-0.05, 0) is 84.9 Å². The van der Waals surface area contributed by atoms with E-state index >= 15 is 0 Å². The molecule has 2 nitrogen and oxygen atoms in total. The SMILES string of the molecule is CCCCC(CC)C[Si]1(CC(CC)CCCC)c2cc(C)sc2-c2sc(-c3sc(C)c4c3C(=O)C(c3cc(C)cc(C(F)(F)F)c3)C4=O)cc21. The molecular weight excluding hydrogens is 706 g/mol. The third-order valence-electron chi connectivity index (χ3n) is 11.3. The van der Waals surface area contributed by atoms with E-state index in [2.05, 4.69) is 46.8 Å². The Kier molecular flexibility index (Phi) is 10.9. The van der Waals surface area contributed by atoms with Crippen LogP contribution in [0.25, 0.3) is 19.5 Å². The Morgan fingerprint density at radius 2 is 1.30 bits per heavy atom. The molecule has 6 rings (SSSR count). The number of hydrogen-bond donors (Lipinski definition) is 0. The van der Waals surface area contributed by atoms with Crippen molar-refractivity contribution in [1.82, 2.24) is 0 Å². The standard InChI is InChI=1S/C41H49F3O2S3Si/c1-8-12-14-26(10-3)21-50(22-27(11-4)15-13-9-2)31-18-24(6)47-39(31)40-32(50)20-30(49-40)38-35-33(25(7)48-38)36(45)34(37(35)46)28-16-23(5)17-29(19-28)41(42,43)44/h16-20,26-27,34H,8-15,21-22H2,1-7H3. The molecule has 3 aromatic heterocycles. The fraction of sp³-hybridized carbons (Fsp3) is 0.512. The summed E-state index contributed by atoms with van der Waals surface area (Å²) in [6.07, 6.45) is 5.19. The van der Waals surface area contributed by atoms with E-state index in [1.807, 2.05) is 18.3 Å². The van der Waals surface area contributed by atoms with E-state index in [0.29, 0.717) is 28.5 Å². The van der Waals surface area contributed by atoms with Gasteiger partial charge in [-0.3, -0.25) is 9.59 Å². The maximum atomic E-state index is 14.3. The van der Waals surface area contributed by atoms with Crippen LogP contribution in [-0.4, -0.2) is 19.6 Å². The Morgan fingerprint density at radius 3 is 1.88 bits per heavy atom. The number of Topliss-reactive ketones (excluding diaryl/α,β-unsaturated/α-hetero) is 2. The van der Waals surface area contributed by atoms with Gasteiger partial charge in [0.1, 0.15) is 14.0 Å². The maximum Gasteiger partial charge on any atom is 0.416 e. The molecular formula is C41H49F3O2S3Si. The van der Waals surface area contributed by atoms with Crippen LogP contribution in [-0.2, 0) is 6.18 Å². The second kappa shape index (κ2) is 14.6. The molecule has 268 valence electrons. The van der Waals surface area contributed by atoms with Crippen molar-refractivity contribution >= 4 is 64.0 Å². The molecule has 1 aliphatic carbocycles. The topological polar surface area (TPSA) is 34.1 Å². The van der Waals surface area contributed by atoms with Crippen LogP contribution in [0.3, 0.4) is 0 Å². The number of halogens is 3. The van der Waals surface area contributed by atoms with Crippen molar-refractivity contribution in [2.75, 3.05) is 0 Å².